The van der Waals surface area contributed by atoms with Crippen LogP contribution in [0.3, 0.4) is 0 Å². The molecule has 0 aromatic carbocycles. The van der Waals surface area contributed by atoms with E-state index >= 15 is 0 Å². The van der Waals surface area contributed by atoms with Crippen LogP contribution >= 0.6 is 11.8 Å². The van der Waals surface area contributed by atoms with Crippen LogP contribution in [0, 0.1) is 5.41 Å². The molecule has 5 heterocycles. The fourth-order valence-electron chi connectivity index (χ4n) is 6.55. The van der Waals surface area contributed by atoms with Gasteiger partial charge < -0.3 is 14.6 Å². The summed E-state index contributed by atoms with van der Waals surface area (Å²) in [5.41, 5.74) is 5.44. The van der Waals surface area contributed by atoms with E-state index in [1.165, 1.54) is 23.1 Å². The number of aromatic nitrogens is 1. The SMILES string of the molecule is CC1(C)CCc2cnc3c(c2C1)C1=NC=NC(N2CCOCC2)(N(CCO)CCN2CCOCC2)C1S3. The highest BCUT2D eigenvalue weighted by Gasteiger charge is 2.56. The summed E-state index contributed by atoms with van der Waals surface area (Å²) in [5, 5.41) is 11.3. The first-order chi connectivity index (χ1) is 18.0. The van der Waals surface area contributed by atoms with Gasteiger partial charge in [0, 0.05) is 57.6 Å². The predicted octanol–water partition coefficient (Wildman–Crippen LogP) is 1.51. The Morgan fingerprint density at radius 1 is 1.11 bits per heavy atom. The monoisotopic (exact) mass is 528 g/mol. The summed E-state index contributed by atoms with van der Waals surface area (Å²) in [4.78, 5) is 22.5. The molecule has 2 fully saturated rings. The Morgan fingerprint density at radius 3 is 2.62 bits per heavy atom. The summed E-state index contributed by atoms with van der Waals surface area (Å²) >= 11 is 1.81. The average molecular weight is 529 g/mol. The zero-order valence-corrected chi connectivity index (χ0v) is 23.0. The second kappa shape index (κ2) is 10.6. The number of hydrogen-bond acceptors (Lipinski definition) is 10. The molecule has 1 aliphatic carbocycles. The topological polar surface area (TPSA) is 86.0 Å². The van der Waals surface area contributed by atoms with E-state index in [0.29, 0.717) is 19.8 Å². The van der Waals surface area contributed by atoms with Crippen molar-refractivity contribution in [2.45, 2.75) is 49.2 Å². The third-order valence-corrected chi connectivity index (χ3v) is 9.91. The zero-order chi connectivity index (χ0) is 25.5. The molecule has 2 saturated heterocycles. The van der Waals surface area contributed by atoms with Crippen LogP contribution in [0.25, 0.3) is 0 Å². The van der Waals surface area contributed by atoms with Crippen molar-refractivity contribution in [1.29, 1.82) is 0 Å². The van der Waals surface area contributed by atoms with Gasteiger partial charge in [0.2, 0.25) is 0 Å². The van der Waals surface area contributed by atoms with E-state index in [9.17, 15) is 5.11 Å². The maximum Gasteiger partial charge on any atom is 0.189 e. The number of aliphatic hydroxyl groups is 1. The fourth-order valence-corrected chi connectivity index (χ4v) is 8.04. The molecule has 4 aliphatic heterocycles. The van der Waals surface area contributed by atoms with E-state index in [2.05, 4.69) is 34.7 Å². The fraction of sp³-hybridized carbons (Fsp3) is 0.741. The molecule has 202 valence electrons. The third kappa shape index (κ3) is 4.79. The van der Waals surface area contributed by atoms with Crippen LogP contribution in [0.1, 0.15) is 37.0 Å². The molecule has 0 amide bonds. The maximum absolute atomic E-state index is 10.2. The molecule has 1 aromatic heterocycles. The lowest BCUT2D eigenvalue weighted by Gasteiger charge is -2.52. The van der Waals surface area contributed by atoms with E-state index in [0.717, 1.165) is 76.1 Å². The normalized spacial score (nSPS) is 29.6. The van der Waals surface area contributed by atoms with E-state index in [4.69, 9.17) is 24.4 Å². The molecule has 9 nitrogen and oxygen atoms in total. The molecule has 6 rings (SSSR count). The van der Waals surface area contributed by atoms with E-state index in [1.54, 1.807) is 6.34 Å². The van der Waals surface area contributed by atoms with Crippen molar-refractivity contribution in [3.63, 3.8) is 0 Å². The largest absolute Gasteiger partial charge is 0.395 e. The van der Waals surface area contributed by atoms with Crippen LogP contribution in [0.15, 0.2) is 21.2 Å². The maximum atomic E-state index is 10.2. The van der Waals surface area contributed by atoms with Crippen molar-refractivity contribution < 1.29 is 14.6 Å². The lowest BCUT2D eigenvalue weighted by molar-refractivity contribution is -0.0977. The number of morpholine rings is 2. The molecule has 5 aliphatic rings. The minimum Gasteiger partial charge on any atom is -0.395 e. The van der Waals surface area contributed by atoms with E-state index in [1.807, 2.05) is 11.8 Å². The number of hydrogen-bond donors (Lipinski definition) is 1. The van der Waals surface area contributed by atoms with Gasteiger partial charge in [-0.2, -0.15) is 0 Å². The first kappa shape index (κ1) is 25.9. The number of thioether (sulfide) groups is 1. The highest BCUT2D eigenvalue weighted by molar-refractivity contribution is 8.01. The van der Waals surface area contributed by atoms with Crippen LogP contribution in [0.4, 0.5) is 0 Å². The minimum atomic E-state index is -0.641. The number of pyridine rings is 1. The third-order valence-electron chi connectivity index (χ3n) is 8.60. The summed E-state index contributed by atoms with van der Waals surface area (Å²) in [6.45, 7) is 13.6. The van der Waals surface area contributed by atoms with Gasteiger partial charge in [-0.3, -0.25) is 14.7 Å². The number of aliphatic imine (C=N–C) groups is 2. The zero-order valence-electron chi connectivity index (χ0n) is 22.2. The molecule has 37 heavy (non-hydrogen) atoms. The predicted molar refractivity (Wildman–Crippen MR) is 146 cm³/mol. The van der Waals surface area contributed by atoms with Crippen LogP contribution in [-0.2, 0) is 22.3 Å². The number of ether oxygens (including phenoxy) is 2. The molecule has 2 atom stereocenters. The Morgan fingerprint density at radius 2 is 1.86 bits per heavy atom. The van der Waals surface area contributed by atoms with Crippen molar-refractivity contribution in [3.8, 4) is 0 Å². The van der Waals surface area contributed by atoms with Gasteiger partial charge in [-0.15, -0.1) is 0 Å². The summed E-state index contributed by atoms with van der Waals surface area (Å²) in [5.74, 6) is -0.641. The highest BCUT2D eigenvalue weighted by atomic mass is 32.2. The number of fused-ring (bicyclic) bond motifs is 5. The van der Waals surface area contributed by atoms with Gasteiger partial charge in [0.25, 0.3) is 0 Å². The summed E-state index contributed by atoms with van der Waals surface area (Å²) in [7, 11) is 0. The van der Waals surface area contributed by atoms with Gasteiger partial charge in [0.15, 0.2) is 5.79 Å². The van der Waals surface area contributed by atoms with Gasteiger partial charge in [-0.1, -0.05) is 25.6 Å². The first-order valence-electron chi connectivity index (χ1n) is 13.8. The van der Waals surface area contributed by atoms with Crippen LogP contribution in [0.2, 0.25) is 0 Å². The molecule has 2 unspecified atom stereocenters. The molecule has 1 aromatic rings. The second-order valence-electron chi connectivity index (χ2n) is 11.5. The standard InChI is InChI=1S/C27H40N6O3S/c1-26(2)4-3-20-18-28-25-22(21(20)17-26)23-24(37-25)27(30-19-29-23,33-10-15-36-16-11-33)32(7-12-34)6-5-31-8-13-35-14-9-31/h18-19,24,34H,3-17H2,1-2H3. The first-order valence-corrected chi connectivity index (χ1v) is 14.7. The molecule has 10 heteroatoms. The van der Waals surface area contributed by atoms with Crippen molar-refractivity contribution >= 4 is 23.8 Å². The second-order valence-corrected chi connectivity index (χ2v) is 12.6. The smallest absolute Gasteiger partial charge is 0.189 e. The summed E-state index contributed by atoms with van der Waals surface area (Å²) in [6, 6.07) is 0. The number of aliphatic hydroxyl groups excluding tert-OH is 1. The number of nitrogens with zero attached hydrogens (tertiary/aromatic N) is 6. The Hall–Kier alpha value is -1.40. The Bertz CT molecular complexity index is 1050. The van der Waals surface area contributed by atoms with Gasteiger partial charge in [0.1, 0.15) is 16.6 Å². The quantitative estimate of drug-likeness (QED) is 0.570. The highest BCUT2D eigenvalue weighted by Crippen LogP contribution is 2.50. The summed E-state index contributed by atoms with van der Waals surface area (Å²) < 4.78 is 11.3. The Balaban J connectivity index is 1.38. The van der Waals surface area contributed by atoms with Gasteiger partial charge in [-0.25, -0.2) is 15.0 Å². The molecular weight excluding hydrogens is 488 g/mol. The Labute approximate surface area is 224 Å². The molecular formula is C27H40N6O3S. The van der Waals surface area contributed by atoms with Crippen LogP contribution in [-0.4, -0.2) is 127 Å². The number of aryl methyl sites for hydroxylation is 1. The Kier molecular flexibility index (Phi) is 7.43. The lowest BCUT2D eigenvalue weighted by atomic mass is 9.73. The van der Waals surface area contributed by atoms with Crippen molar-refractivity contribution in [2.24, 2.45) is 15.4 Å². The minimum absolute atomic E-state index is 0.00845. The molecule has 0 radical (unpaired) electrons. The molecule has 0 saturated carbocycles. The molecule has 1 N–H and O–H groups in total. The van der Waals surface area contributed by atoms with Crippen molar-refractivity contribution in [2.75, 3.05) is 78.8 Å². The van der Waals surface area contributed by atoms with Gasteiger partial charge >= 0.3 is 0 Å². The van der Waals surface area contributed by atoms with E-state index in [-0.39, 0.29) is 17.3 Å². The number of rotatable bonds is 7. The van der Waals surface area contributed by atoms with Gasteiger partial charge in [0.05, 0.1) is 38.7 Å². The molecule has 0 bridgehead atoms. The van der Waals surface area contributed by atoms with E-state index < -0.39 is 5.79 Å². The average Bonchev–Trinajstić information content (AvgIpc) is 3.31. The summed E-state index contributed by atoms with van der Waals surface area (Å²) in [6.07, 6.45) is 7.20. The lowest BCUT2D eigenvalue weighted by Crippen LogP contribution is -2.70. The molecule has 0 spiro atoms. The van der Waals surface area contributed by atoms with Gasteiger partial charge in [-0.05, 0) is 35.8 Å². The van der Waals surface area contributed by atoms with Crippen molar-refractivity contribution in [1.82, 2.24) is 19.7 Å². The van der Waals surface area contributed by atoms with Crippen molar-refractivity contribution in [3.05, 3.63) is 22.9 Å². The van der Waals surface area contributed by atoms with Crippen LogP contribution in [0.5, 0.6) is 0 Å². The van der Waals surface area contributed by atoms with Crippen LogP contribution < -0.4 is 0 Å².